The van der Waals surface area contributed by atoms with Gasteiger partial charge >= 0.3 is 0 Å². The van der Waals surface area contributed by atoms with Crippen molar-refractivity contribution < 1.29 is 19.4 Å². The Bertz CT molecular complexity index is 379. The highest BCUT2D eigenvalue weighted by atomic mass is 16.5. The summed E-state index contributed by atoms with van der Waals surface area (Å²) in [6.07, 6.45) is 0.720. The van der Waals surface area contributed by atoms with Crippen molar-refractivity contribution in [1.82, 2.24) is 0 Å². The molecule has 0 atom stereocenters. The molecule has 0 fully saturated rings. The Hall–Kier alpha value is -1.59. The van der Waals surface area contributed by atoms with Crippen LogP contribution in [0.3, 0.4) is 0 Å². The Morgan fingerprint density at radius 3 is 2.76 bits per heavy atom. The van der Waals surface area contributed by atoms with Gasteiger partial charge in [0.2, 0.25) is 0 Å². The topological polar surface area (TPSA) is 81.8 Å². The standard InChI is InChI=1S/C12H17NO4/c1-16-5-2-6-17-11-7-9(8-14)3-4-10(11)12(13)15/h3-4,7,14H,2,5-6,8H2,1H3,(H2,13,15). The molecular formula is C12H17NO4. The zero-order chi connectivity index (χ0) is 12.7. The van der Waals surface area contributed by atoms with Crippen LogP contribution in [0, 0.1) is 0 Å². The number of nitrogens with two attached hydrogens (primary N) is 1. The molecule has 0 bridgehead atoms. The highest BCUT2D eigenvalue weighted by Crippen LogP contribution is 2.20. The largest absolute Gasteiger partial charge is 0.493 e. The van der Waals surface area contributed by atoms with Gasteiger partial charge in [0.15, 0.2) is 0 Å². The van der Waals surface area contributed by atoms with Crippen LogP contribution in [0.25, 0.3) is 0 Å². The van der Waals surface area contributed by atoms with E-state index in [0.29, 0.717) is 30.1 Å². The molecule has 0 aromatic heterocycles. The minimum atomic E-state index is -0.545. The van der Waals surface area contributed by atoms with Crippen LogP contribution in [0.4, 0.5) is 0 Å². The number of benzene rings is 1. The number of methoxy groups -OCH3 is 1. The molecule has 3 N–H and O–H groups in total. The zero-order valence-electron chi connectivity index (χ0n) is 9.81. The molecule has 1 rings (SSSR count). The quantitative estimate of drug-likeness (QED) is 0.686. The van der Waals surface area contributed by atoms with Gasteiger partial charge in [-0.25, -0.2) is 0 Å². The number of amides is 1. The smallest absolute Gasteiger partial charge is 0.252 e. The van der Waals surface area contributed by atoms with Crippen LogP contribution >= 0.6 is 0 Å². The number of carbonyl (C=O) groups is 1. The van der Waals surface area contributed by atoms with E-state index in [1.165, 1.54) is 0 Å². The minimum absolute atomic E-state index is 0.104. The molecule has 1 amide bonds. The molecule has 94 valence electrons. The lowest BCUT2D eigenvalue weighted by atomic mass is 10.1. The minimum Gasteiger partial charge on any atom is -0.493 e. The van der Waals surface area contributed by atoms with E-state index in [1.54, 1.807) is 25.3 Å². The summed E-state index contributed by atoms with van der Waals surface area (Å²) in [6, 6.07) is 4.81. The molecule has 0 heterocycles. The predicted octanol–water partition coefficient (Wildman–Crippen LogP) is 0.693. The van der Waals surface area contributed by atoms with Gasteiger partial charge in [0.05, 0.1) is 18.8 Å². The van der Waals surface area contributed by atoms with Crippen molar-refractivity contribution in [2.75, 3.05) is 20.3 Å². The zero-order valence-corrected chi connectivity index (χ0v) is 9.81. The Labute approximate surface area is 100 Å². The van der Waals surface area contributed by atoms with E-state index in [2.05, 4.69) is 0 Å². The van der Waals surface area contributed by atoms with Crippen LogP contribution in [-0.4, -0.2) is 31.3 Å². The van der Waals surface area contributed by atoms with Gasteiger partial charge in [0.25, 0.3) is 5.91 Å². The number of hydrogen-bond donors (Lipinski definition) is 2. The van der Waals surface area contributed by atoms with Crippen LogP contribution in [0.5, 0.6) is 5.75 Å². The molecule has 0 radical (unpaired) electrons. The summed E-state index contributed by atoms with van der Waals surface area (Å²) in [5.74, 6) is -0.142. The third kappa shape index (κ3) is 4.05. The number of aliphatic hydroxyl groups excluding tert-OH is 1. The number of aliphatic hydroxyl groups is 1. The summed E-state index contributed by atoms with van der Waals surface area (Å²) < 4.78 is 10.3. The van der Waals surface area contributed by atoms with E-state index in [0.717, 1.165) is 6.42 Å². The first-order valence-electron chi connectivity index (χ1n) is 5.34. The van der Waals surface area contributed by atoms with Crippen molar-refractivity contribution in [2.24, 2.45) is 5.73 Å². The Morgan fingerprint density at radius 1 is 1.41 bits per heavy atom. The molecule has 1 aromatic rings. The molecule has 0 unspecified atom stereocenters. The third-order valence-electron chi connectivity index (χ3n) is 2.24. The molecule has 0 aliphatic rings. The van der Waals surface area contributed by atoms with Crippen molar-refractivity contribution in [2.45, 2.75) is 13.0 Å². The van der Waals surface area contributed by atoms with Gasteiger partial charge in [-0.3, -0.25) is 4.79 Å². The molecule has 0 aliphatic heterocycles. The first kappa shape index (κ1) is 13.5. The van der Waals surface area contributed by atoms with Crippen molar-refractivity contribution in [3.05, 3.63) is 29.3 Å². The van der Waals surface area contributed by atoms with E-state index >= 15 is 0 Å². The van der Waals surface area contributed by atoms with Crippen LogP contribution in [0.15, 0.2) is 18.2 Å². The summed E-state index contributed by atoms with van der Waals surface area (Å²) in [7, 11) is 1.61. The van der Waals surface area contributed by atoms with Gasteiger partial charge in [-0.05, 0) is 17.7 Å². The molecule has 17 heavy (non-hydrogen) atoms. The van der Waals surface area contributed by atoms with Crippen LogP contribution < -0.4 is 10.5 Å². The number of rotatable bonds is 7. The summed E-state index contributed by atoms with van der Waals surface area (Å²) >= 11 is 0. The maximum absolute atomic E-state index is 11.2. The van der Waals surface area contributed by atoms with E-state index in [9.17, 15) is 4.79 Å². The number of ether oxygens (including phenoxy) is 2. The normalized spacial score (nSPS) is 10.2. The highest BCUT2D eigenvalue weighted by Gasteiger charge is 2.10. The van der Waals surface area contributed by atoms with Gasteiger partial charge in [-0.1, -0.05) is 6.07 Å². The second-order valence-corrected chi connectivity index (χ2v) is 3.55. The highest BCUT2D eigenvalue weighted by molar-refractivity contribution is 5.95. The fraction of sp³-hybridized carbons (Fsp3) is 0.417. The fourth-order valence-corrected chi connectivity index (χ4v) is 1.37. The molecule has 5 nitrogen and oxygen atoms in total. The van der Waals surface area contributed by atoms with E-state index < -0.39 is 5.91 Å². The summed E-state index contributed by atoms with van der Waals surface area (Å²) in [5.41, 5.74) is 6.23. The van der Waals surface area contributed by atoms with Crippen molar-refractivity contribution in [3.63, 3.8) is 0 Å². The third-order valence-corrected chi connectivity index (χ3v) is 2.24. The average Bonchev–Trinajstić information content (AvgIpc) is 2.34. The van der Waals surface area contributed by atoms with Crippen LogP contribution in [-0.2, 0) is 11.3 Å². The Kier molecular flexibility index (Phi) is 5.45. The SMILES string of the molecule is COCCCOc1cc(CO)ccc1C(N)=O. The van der Waals surface area contributed by atoms with Gasteiger partial charge in [0, 0.05) is 20.1 Å². The van der Waals surface area contributed by atoms with Gasteiger partial charge in [-0.15, -0.1) is 0 Å². The van der Waals surface area contributed by atoms with Crippen molar-refractivity contribution >= 4 is 5.91 Å². The summed E-state index contributed by atoms with van der Waals surface area (Å²) in [5, 5.41) is 9.01. The lowest BCUT2D eigenvalue weighted by Crippen LogP contribution is -2.14. The van der Waals surface area contributed by atoms with Gasteiger partial charge < -0.3 is 20.3 Å². The molecular weight excluding hydrogens is 222 g/mol. The molecule has 0 saturated carbocycles. The van der Waals surface area contributed by atoms with Crippen LogP contribution in [0.1, 0.15) is 22.3 Å². The first-order valence-corrected chi connectivity index (χ1v) is 5.34. The molecule has 1 aromatic carbocycles. The number of primary amides is 1. The molecule has 0 aliphatic carbocycles. The number of hydrogen-bond acceptors (Lipinski definition) is 4. The monoisotopic (exact) mass is 239 g/mol. The lowest BCUT2D eigenvalue weighted by Gasteiger charge is -2.10. The van der Waals surface area contributed by atoms with E-state index in [1.807, 2.05) is 0 Å². The molecule has 0 saturated heterocycles. The number of carbonyl (C=O) groups excluding carboxylic acids is 1. The second-order valence-electron chi connectivity index (χ2n) is 3.55. The Morgan fingerprint density at radius 2 is 2.18 bits per heavy atom. The van der Waals surface area contributed by atoms with Gasteiger partial charge in [-0.2, -0.15) is 0 Å². The molecule has 5 heteroatoms. The van der Waals surface area contributed by atoms with Gasteiger partial charge in [0.1, 0.15) is 5.75 Å². The van der Waals surface area contributed by atoms with E-state index in [-0.39, 0.29) is 6.61 Å². The van der Waals surface area contributed by atoms with Crippen molar-refractivity contribution in [1.29, 1.82) is 0 Å². The van der Waals surface area contributed by atoms with Crippen LogP contribution in [0.2, 0.25) is 0 Å². The summed E-state index contributed by atoms with van der Waals surface area (Å²) in [6.45, 7) is 0.919. The lowest BCUT2D eigenvalue weighted by molar-refractivity contribution is 0.0995. The van der Waals surface area contributed by atoms with Crippen molar-refractivity contribution in [3.8, 4) is 5.75 Å². The Balaban J connectivity index is 2.75. The fourth-order valence-electron chi connectivity index (χ4n) is 1.37. The average molecular weight is 239 g/mol. The molecule has 0 spiro atoms. The summed E-state index contributed by atoms with van der Waals surface area (Å²) in [4.78, 5) is 11.2. The predicted molar refractivity (Wildman–Crippen MR) is 62.9 cm³/mol. The first-order chi connectivity index (χ1) is 8.19. The van der Waals surface area contributed by atoms with E-state index in [4.69, 9.17) is 20.3 Å². The maximum atomic E-state index is 11.2. The maximum Gasteiger partial charge on any atom is 0.252 e. The second kappa shape index (κ2) is 6.88.